The van der Waals surface area contributed by atoms with Crippen LogP contribution in [0.3, 0.4) is 0 Å². The molecule has 0 aliphatic carbocycles. The van der Waals surface area contributed by atoms with Crippen molar-refractivity contribution in [1.29, 1.82) is 0 Å². The highest BCUT2D eigenvalue weighted by Gasteiger charge is 2.06. The van der Waals surface area contributed by atoms with Gasteiger partial charge in [-0.05, 0) is 26.2 Å². The van der Waals surface area contributed by atoms with Crippen LogP contribution in [0.2, 0.25) is 0 Å². The lowest BCUT2D eigenvalue weighted by molar-refractivity contribution is -0.126. The minimum Gasteiger partial charge on any atom is -0.356 e. The highest BCUT2D eigenvalue weighted by Crippen LogP contribution is 2.10. The summed E-state index contributed by atoms with van der Waals surface area (Å²) in [6.45, 7) is 7.13. The molecule has 0 aromatic carbocycles. The van der Waals surface area contributed by atoms with Gasteiger partial charge in [0.1, 0.15) is 0 Å². The van der Waals surface area contributed by atoms with E-state index in [2.05, 4.69) is 30.6 Å². The molecule has 0 aliphatic rings. The summed E-state index contributed by atoms with van der Waals surface area (Å²) >= 11 is 0. The number of hydrogen-bond donors (Lipinski definition) is 2. The monoisotopic (exact) mass is 422 g/mol. The highest BCUT2D eigenvalue weighted by atomic mass is 16.2. The Morgan fingerprint density at radius 2 is 1.10 bits per heavy atom. The number of rotatable bonds is 21. The first-order valence-corrected chi connectivity index (χ1v) is 12.8. The maximum absolute atomic E-state index is 12.0. The molecule has 0 unspecified atom stereocenters. The van der Waals surface area contributed by atoms with Gasteiger partial charge in [-0.2, -0.15) is 0 Å². The van der Waals surface area contributed by atoms with E-state index in [1.807, 2.05) is 6.92 Å². The summed E-state index contributed by atoms with van der Waals surface area (Å²) in [6, 6.07) is 0. The summed E-state index contributed by atoms with van der Waals surface area (Å²) < 4.78 is 0. The van der Waals surface area contributed by atoms with E-state index in [1.54, 1.807) is 0 Å². The Balaban J connectivity index is 3.53. The first-order valence-electron chi connectivity index (χ1n) is 12.8. The molecule has 0 atom stereocenters. The molecule has 0 saturated heterocycles. The zero-order valence-corrected chi connectivity index (χ0v) is 20.3. The number of carbonyl (C=O) groups is 2. The van der Waals surface area contributed by atoms with E-state index < -0.39 is 0 Å². The molecule has 0 rings (SSSR count). The molecule has 4 nitrogen and oxygen atoms in total. The Morgan fingerprint density at radius 3 is 1.67 bits per heavy atom. The van der Waals surface area contributed by atoms with Crippen LogP contribution in [0.25, 0.3) is 0 Å². The lowest BCUT2D eigenvalue weighted by atomic mass is 10.1. The second kappa shape index (κ2) is 22.4. The molecule has 0 heterocycles. The Kier molecular flexibility index (Phi) is 21.4. The van der Waals surface area contributed by atoms with Gasteiger partial charge in [-0.1, -0.05) is 103 Å². The van der Waals surface area contributed by atoms with E-state index in [0.717, 1.165) is 25.1 Å². The van der Waals surface area contributed by atoms with E-state index in [0.29, 0.717) is 0 Å². The number of carbonyl (C=O) groups excluding carboxylic acids is 2. The summed E-state index contributed by atoms with van der Waals surface area (Å²) in [4.78, 5) is 23.8. The normalized spacial score (nSPS) is 11.5. The molecule has 0 fully saturated rings. The number of allylic oxidation sites excluding steroid dienone is 2. The molecular formula is C26H50N2O2. The van der Waals surface area contributed by atoms with Crippen molar-refractivity contribution in [1.82, 2.24) is 10.6 Å². The van der Waals surface area contributed by atoms with Crippen molar-refractivity contribution in [3.8, 4) is 0 Å². The molecule has 2 amide bonds. The summed E-state index contributed by atoms with van der Waals surface area (Å²) in [6.07, 6.45) is 22.9. The minimum atomic E-state index is -0.0659. The molecule has 0 spiro atoms. The lowest BCUT2D eigenvalue weighted by Gasteiger charge is -2.07. The molecule has 0 radical (unpaired) electrons. The molecular weight excluding hydrogens is 372 g/mol. The minimum absolute atomic E-state index is 0.0152. The Bertz CT molecular complexity index is 446. The van der Waals surface area contributed by atoms with E-state index >= 15 is 0 Å². The number of unbranched alkanes of at least 4 members (excludes halogenated alkanes) is 14. The molecule has 176 valence electrons. The fraction of sp³-hybridized carbons (Fsp3) is 0.846. The Hall–Kier alpha value is -1.32. The third-order valence-electron chi connectivity index (χ3n) is 5.53. The molecule has 0 aromatic heterocycles. The zero-order chi connectivity index (χ0) is 22.3. The largest absolute Gasteiger partial charge is 0.356 e. The quantitative estimate of drug-likeness (QED) is 0.192. The van der Waals surface area contributed by atoms with E-state index in [4.69, 9.17) is 0 Å². The van der Waals surface area contributed by atoms with Crippen LogP contribution in [-0.4, -0.2) is 18.4 Å². The van der Waals surface area contributed by atoms with Crippen molar-refractivity contribution in [2.75, 3.05) is 6.54 Å². The fourth-order valence-electron chi connectivity index (χ4n) is 3.56. The van der Waals surface area contributed by atoms with Crippen molar-refractivity contribution >= 4 is 11.8 Å². The van der Waals surface area contributed by atoms with Gasteiger partial charge in [-0.15, -0.1) is 0 Å². The third-order valence-corrected chi connectivity index (χ3v) is 5.53. The van der Waals surface area contributed by atoms with Crippen LogP contribution in [0.4, 0.5) is 0 Å². The number of hydrogen-bond acceptors (Lipinski definition) is 2. The molecule has 2 N–H and O–H groups in total. The van der Waals surface area contributed by atoms with Crippen LogP contribution in [0.1, 0.15) is 136 Å². The zero-order valence-electron chi connectivity index (χ0n) is 20.3. The van der Waals surface area contributed by atoms with E-state index in [-0.39, 0.29) is 24.7 Å². The van der Waals surface area contributed by atoms with Gasteiger partial charge in [0.05, 0.1) is 0 Å². The predicted molar refractivity (Wildman–Crippen MR) is 129 cm³/mol. The summed E-state index contributed by atoms with van der Waals surface area (Å²) in [5.74, 6) is -0.0811. The molecule has 4 heteroatoms. The van der Waals surface area contributed by atoms with E-state index in [1.165, 1.54) is 89.9 Å². The van der Waals surface area contributed by atoms with Gasteiger partial charge in [0.2, 0.25) is 11.8 Å². The fourth-order valence-corrected chi connectivity index (χ4v) is 3.56. The SMILES string of the molecule is CCCCCCCC=C(C)NC(=O)CCC(=O)NCCCCCCCCCCCC. The first kappa shape index (κ1) is 28.7. The van der Waals surface area contributed by atoms with Crippen LogP contribution >= 0.6 is 0 Å². The topological polar surface area (TPSA) is 58.2 Å². The number of amides is 2. The van der Waals surface area contributed by atoms with Crippen molar-refractivity contribution in [2.45, 2.75) is 136 Å². The molecule has 30 heavy (non-hydrogen) atoms. The smallest absolute Gasteiger partial charge is 0.224 e. The van der Waals surface area contributed by atoms with Gasteiger partial charge < -0.3 is 10.6 Å². The summed E-state index contributed by atoms with van der Waals surface area (Å²) in [7, 11) is 0. The van der Waals surface area contributed by atoms with Crippen LogP contribution in [-0.2, 0) is 9.59 Å². The van der Waals surface area contributed by atoms with Crippen LogP contribution in [0.5, 0.6) is 0 Å². The van der Waals surface area contributed by atoms with Crippen molar-refractivity contribution < 1.29 is 9.59 Å². The average Bonchev–Trinajstić information content (AvgIpc) is 2.73. The van der Waals surface area contributed by atoms with Crippen LogP contribution < -0.4 is 10.6 Å². The third kappa shape index (κ3) is 21.4. The van der Waals surface area contributed by atoms with Crippen LogP contribution in [0.15, 0.2) is 11.8 Å². The van der Waals surface area contributed by atoms with E-state index in [9.17, 15) is 9.59 Å². The second-order valence-electron chi connectivity index (χ2n) is 8.67. The summed E-state index contributed by atoms with van der Waals surface area (Å²) in [5, 5.41) is 5.83. The van der Waals surface area contributed by atoms with Gasteiger partial charge in [0.25, 0.3) is 0 Å². The maximum Gasteiger partial charge on any atom is 0.224 e. The van der Waals surface area contributed by atoms with Gasteiger partial charge in [-0.25, -0.2) is 0 Å². The lowest BCUT2D eigenvalue weighted by Crippen LogP contribution is -2.27. The van der Waals surface area contributed by atoms with Gasteiger partial charge in [-0.3, -0.25) is 9.59 Å². The first-order chi connectivity index (χ1) is 14.6. The van der Waals surface area contributed by atoms with Crippen molar-refractivity contribution in [3.63, 3.8) is 0 Å². The Morgan fingerprint density at radius 1 is 0.633 bits per heavy atom. The Labute approximate surface area is 187 Å². The molecule has 0 aliphatic heterocycles. The highest BCUT2D eigenvalue weighted by molar-refractivity contribution is 5.84. The van der Waals surface area contributed by atoms with Crippen molar-refractivity contribution in [2.24, 2.45) is 0 Å². The van der Waals surface area contributed by atoms with Crippen molar-refractivity contribution in [3.05, 3.63) is 11.8 Å². The van der Waals surface area contributed by atoms with Crippen LogP contribution in [0, 0.1) is 0 Å². The molecule has 0 bridgehead atoms. The maximum atomic E-state index is 12.0. The van der Waals surface area contributed by atoms with Gasteiger partial charge in [0, 0.05) is 25.1 Å². The standard InChI is InChI=1S/C26H50N2O2/c1-4-6-8-10-12-13-14-15-17-19-23-27-25(29)21-22-26(30)28-24(3)20-18-16-11-9-7-5-2/h20H,4-19,21-23H2,1-3H3,(H,27,29)(H,28,30). The second-order valence-corrected chi connectivity index (χ2v) is 8.67. The van der Waals surface area contributed by atoms with Gasteiger partial charge in [0.15, 0.2) is 0 Å². The molecule has 0 aromatic rings. The predicted octanol–water partition coefficient (Wildman–Crippen LogP) is 7.18. The average molecular weight is 423 g/mol. The number of nitrogens with one attached hydrogen (secondary N) is 2. The summed E-state index contributed by atoms with van der Waals surface area (Å²) in [5.41, 5.74) is 0.904. The van der Waals surface area contributed by atoms with Gasteiger partial charge >= 0.3 is 0 Å². The molecule has 0 saturated carbocycles.